The second-order valence-electron chi connectivity index (χ2n) is 6.18. The molecule has 1 aliphatic carbocycles. The van der Waals surface area contributed by atoms with E-state index < -0.39 is 0 Å². The Labute approximate surface area is 135 Å². The van der Waals surface area contributed by atoms with Gasteiger partial charge in [-0.3, -0.25) is 0 Å². The summed E-state index contributed by atoms with van der Waals surface area (Å²) in [5.41, 5.74) is 2.22. The highest BCUT2D eigenvalue weighted by molar-refractivity contribution is 7.09. The minimum Gasteiger partial charge on any atom is -0.371 e. The molecule has 2 N–H and O–H groups in total. The van der Waals surface area contributed by atoms with Gasteiger partial charge in [0.15, 0.2) is 0 Å². The van der Waals surface area contributed by atoms with E-state index in [4.69, 9.17) is 4.99 Å². The summed E-state index contributed by atoms with van der Waals surface area (Å²) in [5, 5.41) is 9.55. The van der Waals surface area contributed by atoms with Crippen LogP contribution in [-0.4, -0.2) is 11.4 Å². The number of nitrogens with one attached hydrogen (secondary N) is 2. The smallest absolute Gasteiger partial charge is 0.128 e. The number of nitrogens with zero attached hydrogens (tertiary/aromatic N) is 1. The Hall–Kier alpha value is -1.81. The monoisotopic (exact) mass is 311 g/mol. The third-order valence-corrected chi connectivity index (χ3v) is 5.56. The van der Waals surface area contributed by atoms with Crippen molar-refractivity contribution < 1.29 is 0 Å². The van der Waals surface area contributed by atoms with Gasteiger partial charge in [-0.05, 0) is 36.4 Å². The quantitative estimate of drug-likeness (QED) is 0.843. The molecule has 1 fully saturated rings. The highest BCUT2D eigenvalue weighted by atomic mass is 32.1. The molecule has 1 aliphatic heterocycles. The Morgan fingerprint density at radius 3 is 2.77 bits per heavy atom. The number of thiophene rings is 1. The second-order valence-corrected chi connectivity index (χ2v) is 7.21. The molecular formula is C18H21N3S. The van der Waals surface area contributed by atoms with Crippen LogP contribution in [0.15, 0.2) is 46.8 Å². The lowest BCUT2D eigenvalue weighted by molar-refractivity contribution is 0.396. The van der Waals surface area contributed by atoms with Crippen molar-refractivity contribution in [3.63, 3.8) is 0 Å². The van der Waals surface area contributed by atoms with Crippen LogP contribution in [0.3, 0.4) is 0 Å². The standard InChI is InChI=1S/C18H21N3S/c1-4-10-18(11-5-1)17(19-13-14-7-6-12-22-14)20-15-8-2-3-9-16(15)21-18/h2-3,6-9,12,21H,1,4-5,10-11,13H2,(H,19,20). The summed E-state index contributed by atoms with van der Waals surface area (Å²) in [6, 6.07) is 12.7. The van der Waals surface area contributed by atoms with Crippen LogP contribution in [0, 0.1) is 0 Å². The number of anilines is 1. The van der Waals surface area contributed by atoms with Crippen molar-refractivity contribution in [1.82, 2.24) is 5.32 Å². The van der Waals surface area contributed by atoms with Crippen molar-refractivity contribution in [1.29, 1.82) is 0 Å². The van der Waals surface area contributed by atoms with Crippen LogP contribution < -0.4 is 10.6 Å². The number of para-hydroxylation sites is 2. The molecule has 4 heteroatoms. The summed E-state index contributed by atoms with van der Waals surface area (Å²) >= 11 is 1.79. The van der Waals surface area contributed by atoms with E-state index in [-0.39, 0.29) is 5.54 Å². The van der Waals surface area contributed by atoms with Crippen LogP contribution in [-0.2, 0) is 6.54 Å². The van der Waals surface area contributed by atoms with Gasteiger partial charge in [0.05, 0.1) is 23.5 Å². The zero-order valence-corrected chi connectivity index (χ0v) is 13.5. The van der Waals surface area contributed by atoms with Crippen molar-refractivity contribution in [3.05, 3.63) is 46.7 Å². The lowest BCUT2D eigenvalue weighted by atomic mass is 9.79. The third kappa shape index (κ3) is 2.52. The van der Waals surface area contributed by atoms with Gasteiger partial charge in [-0.1, -0.05) is 37.5 Å². The number of rotatable bonds is 2. The zero-order chi connectivity index (χ0) is 14.8. The molecule has 2 aromatic rings. The SMILES string of the molecule is c1csc(CNC2=Nc3ccccc3NC23CCCCC3)c1. The molecule has 22 heavy (non-hydrogen) atoms. The van der Waals surface area contributed by atoms with E-state index in [0.29, 0.717) is 0 Å². The van der Waals surface area contributed by atoms with Crippen LogP contribution in [0.4, 0.5) is 11.4 Å². The summed E-state index contributed by atoms with van der Waals surface area (Å²) in [4.78, 5) is 6.32. The number of benzene rings is 1. The predicted octanol–water partition coefficient (Wildman–Crippen LogP) is 4.70. The highest BCUT2D eigenvalue weighted by Crippen LogP contribution is 2.40. The van der Waals surface area contributed by atoms with E-state index in [1.54, 1.807) is 11.3 Å². The summed E-state index contributed by atoms with van der Waals surface area (Å²) in [7, 11) is 0. The first-order valence-corrected chi connectivity index (χ1v) is 8.96. The molecule has 0 bridgehead atoms. The van der Waals surface area contributed by atoms with E-state index >= 15 is 0 Å². The summed E-state index contributed by atoms with van der Waals surface area (Å²) in [6.45, 7) is 0.863. The molecule has 1 saturated carbocycles. The topological polar surface area (TPSA) is 36.4 Å². The maximum Gasteiger partial charge on any atom is 0.128 e. The molecule has 2 heterocycles. The highest BCUT2D eigenvalue weighted by Gasteiger charge is 2.40. The minimum atomic E-state index is 0.00383. The molecule has 1 spiro atoms. The van der Waals surface area contributed by atoms with E-state index in [1.807, 2.05) is 0 Å². The van der Waals surface area contributed by atoms with E-state index in [1.165, 1.54) is 29.8 Å². The Bertz CT molecular complexity index is 669. The lowest BCUT2D eigenvalue weighted by Gasteiger charge is -2.42. The predicted molar refractivity (Wildman–Crippen MR) is 94.1 cm³/mol. The van der Waals surface area contributed by atoms with Gasteiger partial charge in [0.25, 0.3) is 0 Å². The average Bonchev–Trinajstić information content (AvgIpc) is 3.07. The third-order valence-electron chi connectivity index (χ3n) is 4.68. The van der Waals surface area contributed by atoms with Crippen molar-refractivity contribution in [2.45, 2.75) is 44.2 Å². The van der Waals surface area contributed by atoms with Gasteiger partial charge in [-0.25, -0.2) is 4.99 Å². The molecule has 0 unspecified atom stereocenters. The lowest BCUT2D eigenvalue weighted by Crippen LogP contribution is -2.54. The van der Waals surface area contributed by atoms with Gasteiger partial charge in [0.2, 0.25) is 0 Å². The fourth-order valence-corrected chi connectivity index (χ4v) is 4.18. The fraction of sp³-hybridized carbons (Fsp3) is 0.389. The van der Waals surface area contributed by atoms with E-state index in [2.05, 4.69) is 52.4 Å². The van der Waals surface area contributed by atoms with Crippen LogP contribution in [0.1, 0.15) is 37.0 Å². The average molecular weight is 311 g/mol. The first-order valence-electron chi connectivity index (χ1n) is 8.08. The maximum atomic E-state index is 4.97. The normalized spacial score (nSPS) is 19.2. The maximum absolute atomic E-state index is 4.97. The van der Waals surface area contributed by atoms with Gasteiger partial charge in [0.1, 0.15) is 5.84 Å². The number of hydrogen-bond acceptors (Lipinski definition) is 4. The molecule has 0 atom stereocenters. The van der Waals surface area contributed by atoms with Crippen molar-refractivity contribution >= 4 is 28.5 Å². The Kier molecular flexibility index (Phi) is 3.62. The van der Waals surface area contributed by atoms with Crippen LogP contribution >= 0.6 is 11.3 Å². The first kappa shape index (κ1) is 13.8. The number of amidine groups is 1. The molecule has 2 aliphatic rings. The molecule has 1 aromatic heterocycles. The summed E-state index contributed by atoms with van der Waals surface area (Å²) in [5.74, 6) is 1.12. The van der Waals surface area contributed by atoms with Crippen LogP contribution in [0.2, 0.25) is 0 Å². The Morgan fingerprint density at radius 1 is 1.09 bits per heavy atom. The van der Waals surface area contributed by atoms with Crippen molar-refractivity contribution in [2.75, 3.05) is 5.32 Å². The number of hydrogen-bond donors (Lipinski definition) is 2. The number of aliphatic imine (C=N–C) groups is 1. The Balaban J connectivity index is 1.65. The Morgan fingerprint density at radius 2 is 1.95 bits per heavy atom. The van der Waals surface area contributed by atoms with Gasteiger partial charge < -0.3 is 10.6 Å². The first-order chi connectivity index (χ1) is 10.9. The second kappa shape index (κ2) is 5.76. The van der Waals surface area contributed by atoms with Gasteiger partial charge in [0, 0.05) is 4.88 Å². The fourth-order valence-electron chi connectivity index (χ4n) is 3.53. The van der Waals surface area contributed by atoms with Gasteiger partial charge in [-0.15, -0.1) is 11.3 Å². The zero-order valence-electron chi connectivity index (χ0n) is 12.6. The number of fused-ring (bicyclic) bond motifs is 1. The summed E-state index contributed by atoms with van der Waals surface area (Å²) < 4.78 is 0. The van der Waals surface area contributed by atoms with E-state index in [0.717, 1.165) is 30.9 Å². The van der Waals surface area contributed by atoms with Gasteiger partial charge in [-0.2, -0.15) is 0 Å². The minimum absolute atomic E-state index is 0.00383. The van der Waals surface area contributed by atoms with Crippen molar-refractivity contribution in [3.8, 4) is 0 Å². The van der Waals surface area contributed by atoms with Gasteiger partial charge >= 0.3 is 0 Å². The van der Waals surface area contributed by atoms with Crippen LogP contribution in [0.5, 0.6) is 0 Å². The molecule has 1 aromatic carbocycles. The van der Waals surface area contributed by atoms with Crippen LogP contribution in [0.25, 0.3) is 0 Å². The molecular weight excluding hydrogens is 290 g/mol. The molecule has 114 valence electrons. The molecule has 0 radical (unpaired) electrons. The largest absolute Gasteiger partial charge is 0.371 e. The molecule has 4 rings (SSSR count). The molecule has 3 nitrogen and oxygen atoms in total. The van der Waals surface area contributed by atoms with E-state index in [9.17, 15) is 0 Å². The molecule has 0 saturated heterocycles. The van der Waals surface area contributed by atoms with Crippen molar-refractivity contribution in [2.24, 2.45) is 4.99 Å². The summed E-state index contributed by atoms with van der Waals surface area (Å²) in [6.07, 6.45) is 6.21. The molecule has 0 amide bonds.